The quantitative estimate of drug-likeness (QED) is 0.590. The molecule has 1 N–H and O–H groups in total. The molecule has 5 saturated carbocycles. The van der Waals surface area contributed by atoms with Gasteiger partial charge in [0.25, 0.3) is 5.91 Å². The van der Waals surface area contributed by atoms with Gasteiger partial charge in [0.15, 0.2) is 6.61 Å². The molecule has 5 fully saturated rings. The minimum absolute atomic E-state index is 0.150. The zero-order chi connectivity index (χ0) is 18.5. The minimum Gasteiger partial charge on any atom is -0.455 e. The second-order valence-corrected chi connectivity index (χ2v) is 10.7. The Labute approximate surface area is 161 Å². The summed E-state index contributed by atoms with van der Waals surface area (Å²) in [5, 5.41) is 3.09. The molecule has 1 amide bonds. The summed E-state index contributed by atoms with van der Waals surface area (Å²) in [5.41, 5.74) is -0.432. The Bertz CT molecular complexity index is 578. The Hall–Kier alpha value is -0.770. The maximum Gasteiger partial charge on any atom is 0.312 e. The molecule has 0 saturated heterocycles. The second-order valence-electron chi connectivity index (χ2n) is 9.91. The molecule has 5 rings (SSSR count). The average Bonchev–Trinajstić information content (AvgIpc) is 2.54. The van der Waals surface area contributed by atoms with E-state index in [-0.39, 0.29) is 29.4 Å². The summed E-state index contributed by atoms with van der Waals surface area (Å²) in [7, 11) is 0. The Morgan fingerprint density at radius 2 is 1.81 bits per heavy atom. The minimum atomic E-state index is -0.432. The number of alkyl halides is 1. The number of esters is 1. The van der Waals surface area contributed by atoms with Crippen LogP contribution in [-0.2, 0) is 14.3 Å². The van der Waals surface area contributed by atoms with Crippen molar-refractivity contribution in [3.63, 3.8) is 0 Å². The summed E-state index contributed by atoms with van der Waals surface area (Å²) < 4.78 is 5.53. The van der Waals surface area contributed by atoms with E-state index >= 15 is 0 Å². The van der Waals surface area contributed by atoms with E-state index in [0.717, 1.165) is 44.9 Å². The average molecular weight is 382 g/mol. The van der Waals surface area contributed by atoms with Gasteiger partial charge < -0.3 is 10.1 Å². The molecule has 0 spiro atoms. The highest BCUT2D eigenvalue weighted by Crippen LogP contribution is 2.64. The first-order chi connectivity index (χ1) is 12.3. The first-order valence-electron chi connectivity index (χ1n) is 10.4. The van der Waals surface area contributed by atoms with Crippen molar-refractivity contribution in [3.05, 3.63) is 0 Å². The molecule has 0 aromatic heterocycles. The molecule has 0 radical (unpaired) electrons. The fourth-order valence-corrected chi connectivity index (χ4v) is 7.40. The number of hydrogen-bond donors (Lipinski definition) is 1. The van der Waals surface area contributed by atoms with Crippen LogP contribution in [-0.4, -0.2) is 29.4 Å². The van der Waals surface area contributed by atoms with Crippen molar-refractivity contribution in [1.82, 2.24) is 5.32 Å². The van der Waals surface area contributed by atoms with Crippen molar-refractivity contribution in [3.8, 4) is 0 Å². The number of nitrogens with one attached hydrogen (secondary N) is 1. The van der Waals surface area contributed by atoms with Gasteiger partial charge in [-0.3, -0.25) is 9.59 Å². The lowest BCUT2D eigenvalue weighted by Crippen LogP contribution is -2.56. The normalized spacial score (nSPS) is 46.8. The van der Waals surface area contributed by atoms with Gasteiger partial charge in [0, 0.05) is 10.9 Å². The highest BCUT2D eigenvalue weighted by atomic mass is 35.5. The van der Waals surface area contributed by atoms with Crippen molar-refractivity contribution in [2.24, 2.45) is 29.1 Å². The zero-order valence-corrected chi connectivity index (χ0v) is 16.8. The molecule has 0 aromatic carbocycles. The summed E-state index contributed by atoms with van der Waals surface area (Å²) in [6.45, 7) is 4.30. The first kappa shape index (κ1) is 18.6. The van der Waals surface area contributed by atoms with Crippen LogP contribution in [0, 0.1) is 29.1 Å². The number of carbonyl (C=O) groups excluding carboxylic acids is 2. The molecular weight excluding hydrogens is 350 g/mol. The molecular formula is C21H32ClNO3. The Morgan fingerprint density at radius 1 is 1.12 bits per heavy atom. The Balaban J connectivity index is 1.32. The summed E-state index contributed by atoms with van der Waals surface area (Å²) >= 11 is 6.80. The number of amides is 1. The monoisotopic (exact) mass is 381 g/mol. The van der Waals surface area contributed by atoms with Gasteiger partial charge in [-0.1, -0.05) is 26.7 Å². The van der Waals surface area contributed by atoms with E-state index in [0.29, 0.717) is 23.7 Å². The highest BCUT2D eigenvalue weighted by Gasteiger charge is 2.60. The molecule has 0 aromatic rings. The molecule has 146 valence electrons. The zero-order valence-electron chi connectivity index (χ0n) is 16.1. The number of ether oxygens (including phenoxy) is 1. The molecule has 4 bridgehead atoms. The van der Waals surface area contributed by atoms with E-state index < -0.39 is 5.41 Å². The van der Waals surface area contributed by atoms with Crippen molar-refractivity contribution in [2.45, 2.75) is 82.6 Å². The summed E-state index contributed by atoms with van der Waals surface area (Å²) in [6, 6.07) is 0.204. The van der Waals surface area contributed by atoms with Gasteiger partial charge in [-0.2, -0.15) is 0 Å². The van der Waals surface area contributed by atoms with Crippen LogP contribution in [0.5, 0.6) is 0 Å². The molecule has 5 heteroatoms. The number of hydrogen-bond acceptors (Lipinski definition) is 3. The molecule has 5 aliphatic carbocycles. The summed E-state index contributed by atoms with van der Waals surface area (Å²) in [5.74, 6) is 1.87. The lowest BCUT2D eigenvalue weighted by molar-refractivity contribution is -0.172. The van der Waals surface area contributed by atoms with Gasteiger partial charge in [0.05, 0.1) is 5.41 Å². The molecule has 26 heavy (non-hydrogen) atoms. The van der Waals surface area contributed by atoms with E-state index in [9.17, 15) is 9.59 Å². The highest BCUT2D eigenvalue weighted by molar-refractivity contribution is 6.24. The molecule has 5 aliphatic rings. The van der Waals surface area contributed by atoms with Crippen LogP contribution in [0.2, 0.25) is 0 Å². The Morgan fingerprint density at radius 3 is 2.46 bits per heavy atom. The first-order valence-corrected chi connectivity index (χ1v) is 10.8. The van der Waals surface area contributed by atoms with Crippen LogP contribution in [0.25, 0.3) is 0 Å². The van der Waals surface area contributed by atoms with Crippen LogP contribution in [0.3, 0.4) is 0 Å². The third kappa shape index (κ3) is 3.39. The predicted octanol–water partition coefficient (Wildman–Crippen LogP) is 4.05. The largest absolute Gasteiger partial charge is 0.455 e. The fourth-order valence-electron chi connectivity index (χ4n) is 6.71. The van der Waals surface area contributed by atoms with E-state index in [1.807, 2.05) is 0 Å². The Kier molecular flexibility index (Phi) is 4.78. The number of halogens is 1. The van der Waals surface area contributed by atoms with Gasteiger partial charge in [-0.25, -0.2) is 0 Å². The van der Waals surface area contributed by atoms with E-state index in [1.165, 1.54) is 12.8 Å². The maximum atomic E-state index is 12.9. The lowest BCUT2D eigenvalue weighted by atomic mass is 9.49. The number of carbonyl (C=O) groups is 2. The van der Waals surface area contributed by atoms with Gasteiger partial charge >= 0.3 is 5.97 Å². The van der Waals surface area contributed by atoms with Gasteiger partial charge in [0.2, 0.25) is 0 Å². The van der Waals surface area contributed by atoms with Crippen molar-refractivity contribution in [2.75, 3.05) is 6.61 Å². The predicted molar refractivity (Wildman–Crippen MR) is 101 cm³/mol. The van der Waals surface area contributed by atoms with Gasteiger partial charge in [-0.15, -0.1) is 11.6 Å². The third-order valence-corrected chi connectivity index (χ3v) is 8.25. The fraction of sp³-hybridized carbons (Fsp3) is 0.905. The van der Waals surface area contributed by atoms with Crippen molar-refractivity contribution in [1.29, 1.82) is 0 Å². The number of rotatable bonds is 4. The van der Waals surface area contributed by atoms with Crippen LogP contribution in [0.1, 0.15) is 71.6 Å². The van der Waals surface area contributed by atoms with Crippen LogP contribution >= 0.6 is 11.6 Å². The van der Waals surface area contributed by atoms with Gasteiger partial charge in [-0.05, 0) is 68.6 Å². The third-order valence-electron chi connectivity index (χ3n) is 7.81. The van der Waals surface area contributed by atoms with Gasteiger partial charge in [0.1, 0.15) is 0 Å². The van der Waals surface area contributed by atoms with Crippen LogP contribution in [0.4, 0.5) is 0 Å². The molecule has 4 nitrogen and oxygen atoms in total. The van der Waals surface area contributed by atoms with E-state index in [1.54, 1.807) is 0 Å². The second kappa shape index (κ2) is 6.68. The van der Waals surface area contributed by atoms with E-state index in [2.05, 4.69) is 19.2 Å². The summed E-state index contributed by atoms with van der Waals surface area (Å²) in [4.78, 5) is 25.0. The maximum absolute atomic E-state index is 12.9. The van der Waals surface area contributed by atoms with Crippen molar-refractivity contribution >= 4 is 23.5 Å². The van der Waals surface area contributed by atoms with Crippen LogP contribution in [0.15, 0.2) is 0 Å². The topological polar surface area (TPSA) is 55.4 Å². The molecule has 0 heterocycles. The molecule has 5 atom stereocenters. The lowest BCUT2D eigenvalue weighted by Gasteiger charge is -2.58. The van der Waals surface area contributed by atoms with Crippen molar-refractivity contribution < 1.29 is 14.3 Å². The SMILES string of the molecule is CC1CCCC(NC(=O)COC(=O)C23CC4CC(CC(Cl)(C4)C2)C3)C1C. The molecule has 0 aliphatic heterocycles. The summed E-state index contributed by atoms with van der Waals surface area (Å²) in [6.07, 6.45) is 9.22. The van der Waals surface area contributed by atoms with E-state index in [4.69, 9.17) is 16.3 Å². The molecule has 5 unspecified atom stereocenters. The standard InChI is InChI=1S/C21H32ClNO3/c1-13-4-3-5-17(14(13)2)23-18(24)11-26-19(25)20-7-15-6-16(8-20)10-21(22,9-15)12-20/h13-17H,3-12H2,1-2H3,(H,23,24). The smallest absolute Gasteiger partial charge is 0.312 e. The van der Waals surface area contributed by atoms with Crippen LogP contribution < -0.4 is 5.32 Å².